The Morgan fingerprint density at radius 2 is 0.823 bits per heavy atom. The van der Waals surface area contributed by atoms with E-state index in [0.29, 0.717) is 19.3 Å². The number of carboxylic acids is 1. The molecule has 0 aromatic heterocycles. The number of unbranched alkanes of at least 4 members (excludes halogenated alkanes) is 16. The van der Waals surface area contributed by atoms with Crippen molar-refractivity contribution in [3.8, 4) is 0 Å². The first-order valence-electron chi connectivity index (χ1n) is 30.5. The lowest BCUT2D eigenvalue weighted by Crippen LogP contribution is -2.61. The Balaban J connectivity index is 2.75. The summed E-state index contributed by atoms with van der Waals surface area (Å²) in [5, 5.41) is 31.5. The molecule has 1 saturated heterocycles. The van der Waals surface area contributed by atoms with Crippen molar-refractivity contribution in [2.45, 2.75) is 263 Å². The van der Waals surface area contributed by atoms with E-state index in [0.717, 1.165) is 128 Å². The Morgan fingerprint density at radius 1 is 0.430 bits per heavy atom. The number of carbonyl (C=O) groups is 4. The van der Waals surface area contributed by atoms with Gasteiger partial charge in [0.15, 0.2) is 24.6 Å². The van der Waals surface area contributed by atoms with E-state index in [2.05, 4.69) is 130 Å². The first-order valence-corrected chi connectivity index (χ1v) is 30.5. The molecule has 446 valence electrons. The molecule has 0 spiro atoms. The van der Waals surface area contributed by atoms with E-state index in [1.165, 1.54) is 38.5 Å². The number of hydrogen-bond donors (Lipinski definition) is 3. The summed E-state index contributed by atoms with van der Waals surface area (Å²) in [5.41, 5.74) is 0. The lowest BCUT2D eigenvalue weighted by Gasteiger charge is -2.40. The van der Waals surface area contributed by atoms with E-state index in [9.17, 15) is 34.5 Å². The van der Waals surface area contributed by atoms with E-state index in [1.807, 2.05) is 12.2 Å². The van der Waals surface area contributed by atoms with Gasteiger partial charge in [-0.05, 0) is 116 Å². The molecule has 12 heteroatoms. The van der Waals surface area contributed by atoms with Gasteiger partial charge in [-0.1, -0.05) is 213 Å². The third-order valence-electron chi connectivity index (χ3n) is 13.0. The maximum absolute atomic E-state index is 13.2. The summed E-state index contributed by atoms with van der Waals surface area (Å²) < 4.78 is 28.3. The van der Waals surface area contributed by atoms with Crippen molar-refractivity contribution in [1.82, 2.24) is 0 Å². The molecule has 3 N–H and O–H groups in total. The summed E-state index contributed by atoms with van der Waals surface area (Å²) in [7, 11) is 0. The smallest absolute Gasteiger partial charge is 0.335 e. The van der Waals surface area contributed by atoms with Crippen LogP contribution in [0.5, 0.6) is 0 Å². The summed E-state index contributed by atoms with van der Waals surface area (Å²) in [4.78, 5) is 51.2. The van der Waals surface area contributed by atoms with Crippen molar-refractivity contribution in [2.24, 2.45) is 0 Å². The Hall–Kier alpha value is -4.88. The van der Waals surface area contributed by atoms with Gasteiger partial charge in [-0.25, -0.2) is 4.79 Å². The summed E-state index contributed by atoms with van der Waals surface area (Å²) in [6, 6.07) is 0. The van der Waals surface area contributed by atoms with Crippen LogP contribution in [0.25, 0.3) is 0 Å². The highest BCUT2D eigenvalue weighted by molar-refractivity contribution is 5.74. The van der Waals surface area contributed by atoms with Crippen LogP contribution in [0, 0.1) is 0 Å². The standard InChI is InChI=1S/C67H106O12/c1-4-7-10-13-16-19-22-25-28-29-30-31-34-35-38-41-44-47-50-53-59(68)75-56-58(77-60(69)54-51-48-45-42-39-36-32-26-23-20-17-14-11-8-5-2)57-76-67-65(63(72)62(71)64(79-67)66(73)74)78-61(70)55-52-49-46-43-40-37-33-27-24-21-18-15-12-9-6-3/h7,9-10,12,16,18-19,21,25-28,30-33,35,38,44,47,58,62-65,67,71-72H,4-6,8,11,13-15,17,20,22-24,29,34,36-37,39-43,45-46,48-57H2,1-3H3,(H,73,74)/b10-7-,12-9-,19-16-,21-18-,28-25-,31-30-,32-26-,33-27-,38-35-,47-44-. The predicted octanol–water partition coefficient (Wildman–Crippen LogP) is 16.0. The molecule has 0 radical (unpaired) electrons. The van der Waals surface area contributed by atoms with Gasteiger partial charge in [0.1, 0.15) is 18.8 Å². The molecule has 1 aliphatic heterocycles. The molecule has 0 bridgehead atoms. The number of allylic oxidation sites excluding steroid dienone is 20. The maximum Gasteiger partial charge on any atom is 0.335 e. The molecule has 1 aliphatic rings. The molecular weight excluding hydrogens is 997 g/mol. The van der Waals surface area contributed by atoms with Crippen LogP contribution >= 0.6 is 0 Å². The van der Waals surface area contributed by atoms with Crippen LogP contribution in [0.4, 0.5) is 0 Å². The summed E-state index contributed by atoms with van der Waals surface area (Å²) in [6.45, 7) is 5.68. The minimum absolute atomic E-state index is 0.0270. The van der Waals surface area contributed by atoms with Crippen LogP contribution < -0.4 is 0 Å². The van der Waals surface area contributed by atoms with E-state index in [4.69, 9.17) is 23.7 Å². The van der Waals surface area contributed by atoms with E-state index < -0.39 is 67.3 Å². The molecule has 1 rings (SSSR count). The second-order valence-electron chi connectivity index (χ2n) is 20.2. The Morgan fingerprint density at radius 3 is 1.28 bits per heavy atom. The van der Waals surface area contributed by atoms with Crippen molar-refractivity contribution in [1.29, 1.82) is 0 Å². The zero-order valence-corrected chi connectivity index (χ0v) is 49.1. The van der Waals surface area contributed by atoms with Crippen LogP contribution in [0.2, 0.25) is 0 Å². The highest BCUT2D eigenvalue weighted by Gasteiger charge is 2.50. The number of rotatable bonds is 50. The first kappa shape index (κ1) is 72.1. The van der Waals surface area contributed by atoms with Gasteiger partial charge in [-0.3, -0.25) is 14.4 Å². The zero-order valence-electron chi connectivity index (χ0n) is 49.1. The van der Waals surface area contributed by atoms with Crippen LogP contribution in [-0.2, 0) is 42.9 Å². The van der Waals surface area contributed by atoms with Crippen molar-refractivity contribution >= 4 is 23.9 Å². The fourth-order valence-corrected chi connectivity index (χ4v) is 8.40. The SMILES string of the molecule is CC/C=C\C/C=C\C/C=C\C/C=C\C/C=C\C/C=C\CCC(=O)OCC(COC1OC(C(=O)O)C(O)C(O)C1OC(=O)CCCCCCC/C=C\C/C=C\C/C=C\CC)OC(=O)CCCCCCC/C=C\CCCCCCCC. The third kappa shape index (κ3) is 43.6. The van der Waals surface area contributed by atoms with Gasteiger partial charge in [0.2, 0.25) is 0 Å². The molecule has 0 aromatic carbocycles. The molecule has 0 aromatic rings. The second-order valence-corrected chi connectivity index (χ2v) is 20.2. The Labute approximate surface area is 478 Å². The van der Waals surface area contributed by atoms with Crippen LogP contribution in [-0.4, -0.2) is 89.2 Å². The first-order chi connectivity index (χ1) is 38.6. The lowest BCUT2D eigenvalue weighted by molar-refractivity contribution is -0.301. The Kier molecular flexibility index (Phi) is 49.1. The normalized spacial score (nSPS) is 18.7. The molecule has 1 heterocycles. The molecule has 0 saturated carbocycles. The molecule has 6 atom stereocenters. The van der Waals surface area contributed by atoms with Crippen LogP contribution in [0.1, 0.15) is 226 Å². The van der Waals surface area contributed by atoms with Crippen molar-refractivity contribution < 1.29 is 58.2 Å². The fraction of sp³-hybridized carbons (Fsp3) is 0.642. The highest BCUT2D eigenvalue weighted by atomic mass is 16.7. The third-order valence-corrected chi connectivity index (χ3v) is 13.0. The minimum atomic E-state index is -1.93. The lowest BCUT2D eigenvalue weighted by atomic mass is 9.98. The minimum Gasteiger partial charge on any atom is -0.479 e. The number of hydrogen-bond acceptors (Lipinski definition) is 11. The highest BCUT2D eigenvalue weighted by Crippen LogP contribution is 2.26. The van der Waals surface area contributed by atoms with Crippen molar-refractivity contribution in [2.75, 3.05) is 13.2 Å². The summed E-state index contributed by atoms with van der Waals surface area (Å²) in [5.74, 6) is -3.28. The van der Waals surface area contributed by atoms with Crippen molar-refractivity contribution in [3.63, 3.8) is 0 Å². The van der Waals surface area contributed by atoms with Gasteiger partial charge >= 0.3 is 23.9 Å². The van der Waals surface area contributed by atoms with Gasteiger partial charge in [-0.15, -0.1) is 0 Å². The number of aliphatic hydroxyl groups excluding tert-OH is 2. The average molecular weight is 1100 g/mol. The molecule has 12 nitrogen and oxygen atoms in total. The average Bonchev–Trinajstić information content (AvgIpc) is 3.46. The maximum atomic E-state index is 13.2. The number of ether oxygens (including phenoxy) is 5. The number of esters is 3. The van der Waals surface area contributed by atoms with Gasteiger partial charge in [0, 0.05) is 19.3 Å². The summed E-state index contributed by atoms with van der Waals surface area (Å²) in [6.07, 6.45) is 61.7. The quantitative estimate of drug-likeness (QED) is 0.0228. The molecule has 79 heavy (non-hydrogen) atoms. The van der Waals surface area contributed by atoms with Gasteiger partial charge in [0.05, 0.1) is 6.61 Å². The second kappa shape index (κ2) is 53.7. The van der Waals surface area contributed by atoms with Gasteiger partial charge < -0.3 is 39.0 Å². The van der Waals surface area contributed by atoms with Crippen molar-refractivity contribution in [3.05, 3.63) is 122 Å². The number of carboxylic acid groups (broad SMARTS) is 1. The number of aliphatic hydroxyl groups is 2. The predicted molar refractivity (Wildman–Crippen MR) is 321 cm³/mol. The molecule has 0 amide bonds. The molecule has 6 unspecified atom stereocenters. The van der Waals surface area contributed by atoms with E-state index in [-0.39, 0.29) is 25.9 Å². The van der Waals surface area contributed by atoms with Crippen LogP contribution in [0.15, 0.2) is 122 Å². The molecule has 0 aliphatic carbocycles. The van der Waals surface area contributed by atoms with Gasteiger partial charge in [-0.2, -0.15) is 0 Å². The summed E-state index contributed by atoms with van der Waals surface area (Å²) >= 11 is 0. The van der Waals surface area contributed by atoms with Gasteiger partial charge in [0.25, 0.3) is 0 Å². The number of carbonyl (C=O) groups excluding carboxylic acids is 3. The monoisotopic (exact) mass is 1100 g/mol. The topological polar surface area (TPSA) is 175 Å². The Bertz CT molecular complexity index is 1840. The zero-order chi connectivity index (χ0) is 57.5. The largest absolute Gasteiger partial charge is 0.479 e. The van der Waals surface area contributed by atoms with E-state index in [1.54, 1.807) is 0 Å². The van der Waals surface area contributed by atoms with Crippen LogP contribution in [0.3, 0.4) is 0 Å². The molecular formula is C67H106O12. The number of aliphatic carboxylic acids is 1. The fourth-order valence-electron chi connectivity index (χ4n) is 8.40. The molecule has 1 fully saturated rings. The van der Waals surface area contributed by atoms with E-state index >= 15 is 0 Å².